The van der Waals surface area contributed by atoms with Gasteiger partial charge >= 0.3 is 0 Å². The summed E-state index contributed by atoms with van der Waals surface area (Å²) in [6, 6.07) is 5.37. The first-order valence-electron chi connectivity index (χ1n) is 6.51. The lowest BCUT2D eigenvalue weighted by Crippen LogP contribution is -2.24. The van der Waals surface area contributed by atoms with Crippen LogP contribution in [0.25, 0.3) is 0 Å². The fourth-order valence-corrected chi connectivity index (χ4v) is 1.76. The van der Waals surface area contributed by atoms with Crippen LogP contribution in [0.3, 0.4) is 0 Å². The van der Waals surface area contributed by atoms with Crippen LogP contribution in [0.4, 0.5) is 0 Å². The molecule has 0 aliphatic rings. The van der Waals surface area contributed by atoms with Crippen molar-refractivity contribution in [3.63, 3.8) is 0 Å². The average molecular weight is 295 g/mol. The molecule has 0 heterocycles. The molecule has 1 aromatic rings. The van der Waals surface area contributed by atoms with Crippen molar-refractivity contribution in [3.05, 3.63) is 17.7 Å². The molecule has 0 aromatic heterocycles. The van der Waals surface area contributed by atoms with Gasteiger partial charge in [0, 0.05) is 5.56 Å². The standard InChI is InChI=1S/C15H21NO5/c1-9(17)10(2)21-14(8-16)11-6-12(18-3)15(20-5)13(7-11)19-4/h6-7,9-10,14,17H,1-5H3. The summed E-state index contributed by atoms with van der Waals surface area (Å²) in [5.74, 6) is 1.34. The molecule has 0 amide bonds. The lowest BCUT2D eigenvalue weighted by molar-refractivity contribution is -0.0427. The molecule has 1 N–H and O–H groups in total. The third-order valence-electron chi connectivity index (χ3n) is 3.14. The van der Waals surface area contributed by atoms with Crippen LogP contribution in [-0.4, -0.2) is 38.6 Å². The molecule has 0 fully saturated rings. The van der Waals surface area contributed by atoms with Crippen LogP contribution in [0.15, 0.2) is 12.1 Å². The maximum atomic E-state index is 9.49. The molecule has 6 heteroatoms. The van der Waals surface area contributed by atoms with E-state index in [1.807, 2.05) is 0 Å². The van der Waals surface area contributed by atoms with Gasteiger partial charge in [-0.3, -0.25) is 0 Å². The SMILES string of the molecule is COc1cc(C(C#N)OC(C)C(C)O)cc(OC)c1OC. The normalized spacial score (nSPS) is 14.7. The topological polar surface area (TPSA) is 80.9 Å². The molecule has 21 heavy (non-hydrogen) atoms. The van der Waals surface area contributed by atoms with E-state index < -0.39 is 18.3 Å². The Kier molecular flexibility index (Phi) is 6.28. The minimum Gasteiger partial charge on any atom is -0.493 e. The highest BCUT2D eigenvalue weighted by atomic mass is 16.5. The number of nitriles is 1. The van der Waals surface area contributed by atoms with E-state index in [9.17, 15) is 10.4 Å². The van der Waals surface area contributed by atoms with Crippen molar-refractivity contribution in [1.29, 1.82) is 5.26 Å². The van der Waals surface area contributed by atoms with Gasteiger partial charge in [-0.2, -0.15) is 5.26 Å². The van der Waals surface area contributed by atoms with Crippen LogP contribution in [0, 0.1) is 11.3 Å². The maximum absolute atomic E-state index is 9.49. The Bertz CT molecular complexity index is 484. The number of nitrogens with zero attached hydrogens (tertiary/aromatic N) is 1. The fourth-order valence-electron chi connectivity index (χ4n) is 1.76. The fraction of sp³-hybridized carbons (Fsp3) is 0.533. The van der Waals surface area contributed by atoms with E-state index in [4.69, 9.17) is 18.9 Å². The van der Waals surface area contributed by atoms with Gasteiger partial charge in [-0.05, 0) is 26.0 Å². The van der Waals surface area contributed by atoms with E-state index >= 15 is 0 Å². The van der Waals surface area contributed by atoms with Crippen molar-refractivity contribution in [2.24, 2.45) is 0 Å². The quantitative estimate of drug-likeness (QED) is 0.829. The molecular weight excluding hydrogens is 274 g/mol. The first kappa shape index (κ1) is 17.1. The van der Waals surface area contributed by atoms with Crippen LogP contribution in [-0.2, 0) is 4.74 Å². The molecule has 0 saturated heterocycles. The first-order chi connectivity index (χ1) is 9.98. The number of hydrogen-bond donors (Lipinski definition) is 1. The van der Waals surface area contributed by atoms with Gasteiger partial charge in [-0.1, -0.05) is 0 Å². The summed E-state index contributed by atoms with van der Waals surface area (Å²) in [7, 11) is 4.51. The highest BCUT2D eigenvalue weighted by Gasteiger charge is 2.22. The lowest BCUT2D eigenvalue weighted by Gasteiger charge is -2.21. The van der Waals surface area contributed by atoms with E-state index in [0.29, 0.717) is 22.8 Å². The van der Waals surface area contributed by atoms with Crippen molar-refractivity contribution < 1.29 is 24.1 Å². The Labute approximate surface area is 124 Å². The third kappa shape index (κ3) is 4.00. The lowest BCUT2D eigenvalue weighted by atomic mass is 10.1. The van der Waals surface area contributed by atoms with Crippen molar-refractivity contribution >= 4 is 0 Å². The highest BCUT2D eigenvalue weighted by molar-refractivity contribution is 5.54. The summed E-state index contributed by atoms with van der Waals surface area (Å²) < 4.78 is 21.3. The molecule has 1 aromatic carbocycles. The highest BCUT2D eigenvalue weighted by Crippen LogP contribution is 2.40. The summed E-state index contributed by atoms with van der Waals surface area (Å²) in [6.07, 6.45) is -2.00. The van der Waals surface area contributed by atoms with Gasteiger partial charge in [0.25, 0.3) is 0 Å². The third-order valence-corrected chi connectivity index (χ3v) is 3.14. The van der Waals surface area contributed by atoms with Crippen molar-refractivity contribution in [2.45, 2.75) is 32.2 Å². The second-order valence-electron chi connectivity index (χ2n) is 4.55. The van der Waals surface area contributed by atoms with Crippen LogP contribution in [0.5, 0.6) is 17.2 Å². The maximum Gasteiger partial charge on any atom is 0.203 e. The van der Waals surface area contributed by atoms with E-state index in [-0.39, 0.29) is 0 Å². The molecular formula is C15H21NO5. The van der Waals surface area contributed by atoms with Crippen LogP contribution < -0.4 is 14.2 Å². The van der Waals surface area contributed by atoms with Gasteiger partial charge < -0.3 is 24.1 Å². The van der Waals surface area contributed by atoms with Crippen molar-refractivity contribution in [2.75, 3.05) is 21.3 Å². The van der Waals surface area contributed by atoms with Gasteiger partial charge in [-0.15, -0.1) is 0 Å². The van der Waals surface area contributed by atoms with Gasteiger partial charge in [-0.25, -0.2) is 0 Å². The zero-order chi connectivity index (χ0) is 16.0. The number of hydrogen-bond acceptors (Lipinski definition) is 6. The molecule has 0 saturated carbocycles. The predicted octanol–water partition coefficient (Wildman–Crippen LogP) is 2.06. The molecule has 116 valence electrons. The van der Waals surface area contributed by atoms with E-state index in [1.54, 1.807) is 26.0 Å². The summed E-state index contributed by atoms with van der Waals surface area (Å²) in [4.78, 5) is 0. The molecule has 1 rings (SSSR count). The van der Waals surface area contributed by atoms with Crippen LogP contribution in [0.2, 0.25) is 0 Å². The summed E-state index contributed by atoms with van der Waals surface area (Å²) in [5.41, 5.74) is 0.569. The van der Waals surface area contributed by atoms with Gasteiger partial charge in [0.15, 0.2) is 17.6 Å². The summed E-state index contributed by atoms with van der Waals surface area (Å²) >= 11 is 0. The zero-order valence-electron chi connectivity index (χ0n) is 12.9. The van der Waals surface area contributed by atoms with Gasteiger partial charge in [0.1, 0.15) is 0 Å². The van der Waals surface area contributed by atoms with Crippen molar-refractivity contribution in [1.82, 2.24) is 0 Å². The number of benzene rings is 1. The van der Waals surface area contributed by atoms with Crippen LogP contribution >= 0.6 is 0 Å². The number of ether oxygens (including phenoxy) is 4. The molecule has 6 nitrogen and oxygen atoms in total. The Morgan fingerprint density at radius 1 is 1.05 bits per heavy atom. The Morgan fingerprint density at radius 2 is 1.57 bits per heavy atom. The molecule has 0 aliphatic carbocycles. The predicted molar refractivity (Wildman–Crippen MR) is 76.7 cm³/mol. The zero-order valence-corrected chi connectivity index (χ0v) is 12.9. The minimum atomic E-state index is -0.844. The van der Waals surface area contributed by atoms with Gasteiger partial charge in [0.2, 0.25) is 5.75 Å². The Morgan fingerprint density at radius 3 is 1.90 bits per heavy atom. The minimum absolute atomic E-state index is 0.445. The number of rotatable bonds is 7. The molecule has 0 radical (unpaired) electrons. The second-order valence-corrected chi connectivity index (χ2v) is 4.55. The van der Waals surface area contributed by atoms with Crippen molar-refractivity contribution in [3.8, 4) is 23.3 Å². The monoisotopic (exact) mass is 295 g/mol. The van der Waals surface area contributed by atoms with E-state index in [2.05, 4.69) is 6.07 Å². The molecule has 0 spiro atoms. The Balaban J connectivity index is 3.19. The number of aliphatic hydroxyl groups excluding tert-OH is 1. The smallest absolute Gasteiger partial charge is 0.203 e. The molecule has 3 unspecified atom stereocenters. The second kappa shape index (κ2) is 7.72. The molecule has 3 atom stereocenters. The first-order valence-corrected chi connectivity index (χ1v) is 6.51. The number of methoxy groups -OCH3 is 3. The number of aliphatic hydroxyl groups is 1. The average Bonchev–Trinajstić information content (AvgIpc) is 2.50. The van der Waals surface area contributed by atoms with E-state index in [0.717, 1.165) is 0 Å². The Hall–Kier alpha value is -1.97. The summed E-state index contributed by atoms with van der Waals surface area (Å²) in [6.45, 7) is 3.31. The summed E-state index contributed by atoms with van der Waals surface area (Å²) in [5, 5.41) is 18.8. The van der Waals surface area contributed by atoms with Crippen LogP contribution in [0.1, 0.15) is 25.5 Å². The molecule has 0 aliphatic heterocycles. The largest absolute Gasteiger partial charge is 0.493 e. The molecule has 0 bridgehead atoms. The van der Waals surface area contributed by atoms with E-state index in [1.165, 1.54) is 21.3 Å². The van der Waals surface area contributed by atoms with Gasteiger partial charge in [0.05, 0.1) is 39.6 Å².